The van der Waals surface area contributed by atoms with Gasteiger partial charge in [-0.3, -0.25) is 4.21 Å². The molecule has 0 saturated heterocycles. The lowest BCUT2D eigenvalue weighted by atomic mass is 10.1. The Hall–Kier alpha value is -1.16. The van der Waals surface area contributed by atoms with Gasteiger partial charge in [-0.25, -0.2) is 0 Å². The first-order valence-corrected chi connectivity index (χ1v) is 7.92. The van der Waals surface area contributed by atoms with E-state index in [0.717, 1.165) is 16.7 Å². The van der Waals surface area contributed by atoms with Crippen LogP contribution in [0.2, 0.25) is 5.02 Å². The maximum atomic E-state index is 12.1. The third kappa shape index (κ3) is 4.16. The highest BCUT2D eigenvalue weighted by Gasteiger charge is 2.06. The summed E-state index contributed by atoms with van der Waals surface area (Å²) in [6, 6.07) is 15.4. The van der Waals surface area contributed by atoms with Crippen molar-refractivity contribution in [1.82, 2.24) is 0 Å². The number of rotatable bonds is 5. The molecule has 19 heavy (non-hydrogen) atoms. The molecule has 100 valence electrons. The van der Waals surface area contributed by atoms with Gasteiger partial charge in [-0.1, -0.05) is 54.1 Å². The molecule has 0 aliphatic carbocycles. The molecule has 0 radical (unpaired) electrons. The summed E-state index contributed by atoms with van der Waals surface area (Å²) in [6.45, 7) is 0.531. The fourth-order valence-electron chi connectivity index (χ4n) is 1.80. The summed E-state index contributed by atoms with van der Waals surface area (Å²) in [4.78, 5) is 0. The molecule has 2 aromatic carbocycles. The van der Waals surface area contributed by atoms with Crippen molar-refractivity contribution in [2.45, 2.75) is 18.1 Å². The van der Waals surface area contributed by atoms with Gasteiger partial charge in [0.1, 0.15) is 0 Å². The van der Waals surface area contributed by atoms with Crippen molar-refractivity contribution in [3.05, 3.63) is 70.2 Å². The fourth-order valence-corrected chi connectivity index (χ4v) is 3.34. The fraction of sp³-hybridized carbons (Fsp3) is 0.200. The minimum Gasteiger partial charge on any atom is -0.326 e. The lowest BCUT2D eigenvalue weighted by Crippen LogP contribution is -2.01. The first-order valence-electron chi connectivity index (χ1n) is 6.05. The second-order valence-electron chi connectivity index (χ2n) is 4.34. The Morgan fingerprint density at radius 3 is 2.21 bits per heavy atom. The summed E-state index contributed by atoms with van der Waals surface area (Å²) in [5.41, 5.74) is 8.62. The Bertz CT molecular complexity index is 569. The molecule has 1 atom stereocenters. The predicted molar refractivity (Wildman–Crippen MR) is 81.3 cm³/mol. The highest BCUT2D eigenvalue weighted by molar-refractivity contribution is 7.83. The van der Waals surface area contributed by atoms with E-state index in [9.17, 15) is 4.21 Å². The van der Waals surface area contributed by atoms with Gasteiger partial charge in [0, 0.05) is 28.1 Å². The maximum Gasteiger partial charge on any atom is 0.0503 e. The van der Waals surface area contributed by atoms with Gasteiger partial charge >= 0.3 is 0 Å². The van der Waals surface area contributed by atoms with Gasteiger partial charge in [-0.15, -0.1) is 0 Å². The van der Waals surface area contributed by atoms with Crippen LogP contribution in [-0.2, 0) is 28.9 Å². The predicted octanol–water partition coefficient (Wildman–Crippen LogP) is 3.25. The first-order chi connectivity index (χ1) is 9.19. The summed E-state index contributed by atoms with van der Waals surface area (Å²) in [7, 11) is -0.957. The first kappa shape index (κ1) is 14.3. The van der Waals surface area contributed by atoms with E-state index in [-0.39, 0.29) is 0 Å². The molecule has 4 heteroatoms. The molecule has 2 aromatic rings. The van der Waals surface area contributed by atoms with Crippen molar-refractivity contribution >= 4 is 22.4 Å². The molecule has 2 N–H and O–H groups in total. The third-order valence-electron chi connectivity index (χ3n) is 2.86. The van der Waals surface area contributed by atoms with Crippen molar-refractivity contribution in [2.24, 2.45) is 5.73 Å². The molecule has 0 aliphatic rings. The molecule has 1 unspecified atom stereocenters. The Labute approximate surface area is 121 Å². The lowest BCUT2D eigenvalue weighted by Gasteiger charge is -2.05. The minimum atomic E-state index is -0.957. The molecular weight excluding hydrogens is 278 g/mol. The summed E-state index contributed by atoms with van der Waals surface area (Å²) in [6.07, 6.45) is 0. The van der Waals surface area contributed by atoms with Crippen LogP contribution in [0.4, 0.5) is 0 Å². The SMILES string of the molecule is NCc1ccc(CS(=O)Cc2ccccc2Cl)cc1. The Morgan fingerprint density at radius 2 is 1.58 bits per heavy atom. The van der Waals surface area contributed by atoms with E-state index >= 15 is 0 Å². The molecule has 0 fully saturated rings. The van der Waals surface area contributed by atoms with Crippen molar-refractivity contribution in [3.8, 4) is 0 Å². The van der Waals surface area contributed by atoms with Gasteiger partial charge in [0.05, 0.1) is 5.75 Å². The Morgan fingerprint density at radius 1 is 0.947 bits per heavy atom. The quantitative estimate of drug-likeness (QED) is 0.919. The molecule has 0 bridgehead atoms. The van der Waals surface area contributed by atoms with Crippen LogP contribution in [0.25, 0.3) is 0 Å². The van der Waals surface area contributed by atoms with Gasteiger partial charge in [-0.05, 0) is 22.8 Å². The van der Waals surface area contributed by atoms with Crippen LogP contribution >= 0.6 is 11.6 Å². The van der Waals surface area contributed by atoms with Gasteiger partial charge in [-0.2, -0.15) is 0 Å². The normalized spacial score (nSPS) is 12.3. The number of hydrogen-bond donors (Lipinski definition) is 1. The van der Waals surface area contributed by atoms with Crippen LogP contribution < -0.4 is 5.73 Å². The molecule has 0 amide bonds. The van der Waals surface area contributed by atoms with Gasteiger partial charge < -0.3 is 5.73 Å². The molecule has 0 spiro atoms. The summed E-state index contributed by atoms with van der Waals surface area (Å²) < 4.78 is 12.1. The smallest absolute Gasteiger partial charge is 0.0503 e. The lowest BCUT2D eigenvalue weighted by molar-refractivity contribution is 0.682. The summed E-state index contributed by atoms with van der Waals surface area (Å²) in [5.74, 6) is 1.02. The Kier molecular flexibility index (Phi) is 5.14. The average Bonchev–Trinajstić information content (AvgIpc) is 2.42. The van der Waals surface area contributed by atoms with Crippen molar-refractivity contribution in [1.29, 1.82) is 0 Å². The monoisotopic (exact) mass is 293 g/mol. The van der Waals surface area contributed by atoms with Crippen LogP contribution in [0.15, 0.2) is 48.5 Å². The van der Waals surface area contributed by atoms with E-state index < -0.39 is 10.8 Å². The van der Waals surface area contributed by atoms with E-state index in [4.69, 9.17) is 17.3 Å². The van der Waals surface area contributed by atoms with E-state index in [2.05, 4.69) is 0 Å². The highest BCUT2D eigenvalue weighted by atomic mass is 35.5. The second-order valence-corrected chi connectivity index (χ2v) is 6.20. The molecule has 2 nitrogen and oxygen atoms in total. The molecule has 0 saturated carbocycles. The van der Waals surface area contributed by atoms with E-state index in [1.54, 1.807) is 0 Å². The van der Waals surface area contributed by atoms with E-state index in [0.29, 0.717) is 23.1 Å². The van der Waals surface area contributed by atoms with Gasteiger partial charge in [0.15, 0.2) is 0 Å². The third-order valence-corrected chi connectivity index (χ3v) is 4.52. The summed E-state index contributed by atoms with van der Waals surface area (Å²) in [5, 5.41) is 0.675. The van der Waals surface area contributed by atoms with Crippen molar-refractivity contribution in [3.63, 3.8) is 0 Å². The molecule has 0 aromatic heterocycles. The largest absolute Gasteiger partial charge is 0.326 e. The van der Waals surface area contributed by atoms with Crippen LogP contribution in [0.1, 0.15) is 16.7 Å². The molecular formula is C15H16ClNOS. The second kappa shape index (κ2) is 6.85. The zero-order valence-electron chi connectivity index (χ0n) is 10.5. The van der Waals surface area contributed by atoms with Crippen LogP contribution in [0, 0.1) is 0 Å². The highest BCUT2D eigenvalue weighted by Crippen LogP contribution is 2.18. The molecule has 0 aliphatic heterocycles. The Balaban J connectivity index is 1.99. The molecule has 2 rings (SSSR count). The van der Waals surface area contributed by atoms with E-state index in [1.165, 1.54) is 0 Å². The van der Waals surface area contributed by atoms with Crippen molar-refractivity contribution in [2.75, 3.05) is 0 Å². The maximum absolute atomic E-state index is 12.1. The average molecular weight is 294 g/mol. The zero-order valence-corrected chi connectivity index (χ0v) is 12.1. The molecule has 0 heterocycles. The number of nitrogens with two attached hydrogens (primary N) is 1. The minimum absolute atomic E-state index is 0.484. The van der Waals surface area contributed by atoms with Crippen molar-refractivity contribution < 1.29 is 4.21 Å². The van der Waals surface area contributed by atoms with Gasteiger partial charge in [0.25, 0.3) is 0 Å². The standard InChI is InChI=1S/C15H16ClNOS/c16-15-4-2-1-3-14(15)11-19(18)10-13-7-5-12(9-17)6-8-13/h1-8H,9-11,17H2. The number of hydrogen-bond acceptors (Lipinski definition) is 2. The van der Waals surface area contributed by atoms with E-state index in [1.807, 2.05) is 48.5 Å². The zero-order chi connectivity index (χ0) is 13.7. The van der Waals surface area contributed by atoms with Gasteiger partial charge in [0.2, 0.25) is 0 Å². The summed E-state index contributed by atoms with van der Waals surface area (Å²) >= 11 is 6.06. The number of halogens is 1. The van der Waals surface area contributed by atoms with Crippen LogP contribution in [-0.4, -0.2) is 4.21 Å². The van der Waals surface area contributed by atoms with Crippen LogP contribution in [0.5, 0.6) is 0 Å². The number of benzene rings is 2. The van der Waals surface area contributed by atoms with Crippen LogP contribution in [0.3, 0.4) is 0 Å². The topological polar surface area (TPSA) is 43.1 Å².